The number of carbonyl (C=O) groups is 2. The number of rotatable bonds is 3. The second kappa shape index (κ2) is 7.11. The summed E-state index contributed by atoms with van der Waals surface area (Å²) in [6.07, 6.45) is 3.03. The van der Waals surface area contributed by atoms with Crippen molar-refractivity contribution in [3.05, 3.63) is 0 Å². The first-order chi connectivity index (χ1) is 10.1. The molecule has 1 aliphatic heterocycles. The van der Waals surface area contributed by atoms with Gasteiger partial charge in [-0.1, -0.05) is 0 Å². The Morgan fingerprint density at radius 2 is 2.00 bits per heavy atom. The largest absolute Gasteiger partial charge is 0.464 e. The van der Waals surface area contributed by atoms with Crippen molar-refractivity contribution < 1.29 is 24.2 Å². The number of carbonyl (C=O) groups excluding carboxylic acids is 2. The average Bonchev–Trinajstić information content (AvgIpc) is 2.52. The third-order valence-electron chi connectivity index (χ3n) is 4.81. The van der Waals surface area contributed by atoms with E-state index in [0.717, 1.165) is 19.3 Å². The highest BCUT2D eigenvalue weighted by Crippen LogP contribution is 2.41. The lowest BCUT2D eigenvalue weighted by molar-refractivity contribution is -0.152. The van der Waals surface area contributed by atoms with E-state index in [1.807, 2.05) is 0 Å². The second-order valence-electron chi connectivity index (χ2n) is 6.01. The van der Waals surface area contributed by atoms with E-state index in [1.165, 1.54) is 12.0 Å². The van der Waals surface area contributed by atoms with Gasteiger partial charge in [0, 0.05) is 13.2 Å². The van der Waals surface area contributed by atoms with Gasteiger partial charge < -0.3 is 14.6 Å². The minimum Gasteiger partial charge on any atom is -0.464 e. The molecule has 2 rings (SSSR count). The summed E-state index contributed by atoms with van der Waals surface area (Å²) in [4.78, 5) is 25.6. The number of fused-ring (bicyclic) bond motifs is 1. The smallest absolute Gasteiger partial charge is 0.410 e. The monoisotopic (exact) mass is 299 g/mol. The molecule has 1 aliphatic carbocycles. The van der Waals surface area contributed by atoms with E-state index >= 15 is 0 Å². The zero-order valence-corrected chi connectivity index (χ0v) is 12.8. The number of hydrogen-bond donors (Lipinski definition) is 1. The lowest BCUT2D eigenvalue weighted by Crippen LogP contribution is -2.55. The second-order valence-corrected chi connectivity index (χ2v) is 6.01. The van der Waals surface area contributed by atoms with Crippen LogP contribution in [0.25, 0.3) is 0 Å². The van der Waals surface area contributed by atoms with E-state index in [1.54, 1.807) is 6.92 Å². The molecule has 1 N–H and O–H groups in total. The van der Waals surface area contributed by atoms with Gasteiger partial charge in [0.1, 0.15) is 6.04 Å². The number of nitrogens with zero attached hydrogens (tertiary/aromatic N) is 1. The predicted octanol–water partition coefficient (Wildman–Crippen LogP) is 1.42. The summed E-state index contributed by atoms with van der Waals surface area (Å²) in [7, 11) is 1.33. The molecule has 0 aromatic carbocycles. The number of ether oxygens (including phenoxy) is 2. The van der Waals surface area contributed by atoms with Crippen LogP contribution >= 0.6 is 0 Å². The van der Waals surface area contributed by atoms with Crippen LogP contribution in [0.4, 0.5) is 4.79 Å². The highest BCUT2D eigenvalue weighted by molar-refractivity contribution is 5.81. The Balaban J connectivity index is 2.11. The van der Waals surface area contributed by atoms with Crippen LogP contribution < -0.4 is 0 Å². The first-order valence-corrected chi connectivity index (χ1v) is 7.72. The van der Waals surface area contributed by atoms with Crippen molar-refractivity contribution in [3.63, 3.8) is 0 Å². The molecule has 0 bridgehead atoms. The number of methoxy groups -OCH3 is 1. The van der Waals surface area contributed by atoms with Gasteiger partial charge in [0.2, 0.25) is 0 Å². The van der Waals surface area contributed by atoms with E-state index in [2.05, 4.69) is 0 Å². The summed E-state index contributed by atoms with van der Waals surface area (Å²) in [5, 5.41) is 9.34. The zero-order valence-electron chi connectivity index (χ0n) is 12.8. The Bertz CT molecular complexity index is 386. The van der Waals surface area contributed by atoms with Crippen molar-refractivity contribution in [2.45, 2.75) is 38.6 Å². The Morgan fingerprint density at radius 3 is 2.62 bits per heavy atom. The van der Waals surface area contributed by atoms with E-state index < -0.39 is 12.1 Å². The van der Waals surface area contributed by atoms with Crippen LogP contribution in [0, 0.1) is 17.8 Å². The normalized spacial score (nSPS) is 32.2. The minimum atomic E-state index is -0.559. The van der Waals surface area contributed by atoms with Crippen LogP contribution in [0.3, 0.4) is 0 Å². The van der Waals surface area contributed by atoms with E-state index in [-0.39, 0.29) is 12.6 Å². The van der Waals surface area contributed by atoms with Gasteiger partial charge in [-0.25, -0.2) is 9.59 Å². The third-order valence-corrected chi connectivity index (χ3v) is 4.81. The maximum Gasteiger partial charge on any atom is 0.410 e. The third kappa shape index (κ3) is 3.48. The molecule has 4 atom stereocenters. The predicted molar refractivity (Wildman–Crippen MR) is 75.6 cm³/mol. The molecule has 0 radical (unpaired) electrons. The van der Waals surface area contributed by atoms with Crippen molar-refractivity contribution in [1.29, 1.82) is 0 Å². The number of hydrogen-bond acceptors (Lipinski definition) is 5. The Kier molecular flexibility index (Phi) is 5.45. The Labute approximate surface area is 125 Å². The molecule has 1 heterocycles. The van der Waals surface area contributed by atoms with Crippen molar-refractivity contribution in [2.75, 3.05) is 26.9 Å². The Hall–Kier alpha value is -1.30. The molecule has 2 fully saturated rings. The highest BCUT2D eigenvalue weighted by Gasteiger charge is 2.44. The van der Waals surface area contributed by atoms with Gasteiger partial charge in [0.05, 0.1) is 13.7 Å². The lowest BCUT2D eigenvalue weighted by atomic mass is 9.69. The maximum absolute atomic E-state index is 12.1. The van der Waals surface area contributed by atoms with Crippen LogP contribution in [0.1, 0.15) is 32.6 Å². The number of piperidine rings is 1. The number of esters is 1. The molecular weight excluding hydrogens is 274 g/mol. The standard InChI is InChI=1S/C15H25NO5/c1-3-21-14(18)13-7-12-6-10(9-17)4-5-11(12)8-16(13)15(19)20-2/h10-13,17H,3-9H2,1-2H3/t10-,11-,12+,13-/m0/s1. The molecule has 0 aromatic heterocycles. The van der Waals surface area contributed by atoms with Gasteiger partial charge in [-0.05, 0) is 50.4 Å². The molecular formula is C15H25NO5. The molecule has 21 heavy (non-hydrogen) atoms. The van der Waals surface area contributed by atoms with E-state index in [0.29, 0.717) is 37.3 Å². The van der Waals surface area contributed by atoms with Crippen molar-refractivity contribution in [1.82, 2.24) is 4.90 Å². The van der Waals surface area contributed by atoms with Gasteiger partial charge >= 0.3 is 12.1 Å². The molecule has 6 heteroatoms. The molecule has 1 saturated carbocycles. The molecule has 0 spiro atoms. The van der Waals surface area contributed by atoms with Gasteiger partial charge in [0.15, 0.2) is 0 Å². The van der Waals surface area contributed by atoms with Crippen LogP contribution in [0.5, 0.6) is 0 Å². The van der Waals surface area contributed by atoms with Crippen molar-refractivity contribution in [3.8, 4) is 0 Å². The number of amides is 1. The molecule has 6 nitrogen and oxygen atoms in total. The fraction of sp³-hybridized carbons (Fsp3) is 0.867. The van der Waals surface area contributed by atoms with Gasteiger partial charge in [0.25, 0.3) is 0 Å². The van der Waals surface area contributed by atoms with Gasteiger partial charge in [-0.15, -0.1) is 0 Å². The topological polar surface area (TPSA) is 76.1 Å². The summed E-state index contributed by atoms with van der Waals surface area (Å²) in [6, 6.07) is -0.559. The Morgan fingerprint density at radius 1 is 1.24 bits per heavy atom. The summed E-state index contributed by atoms with van der Waals surface area (Å²) in [5.41, 5.74) is 0. The van der Waals surface area contributed by atoms with Crippen molar-refractivity contribution >= 4 is 12.1 Å². The maximum atomic E-state index is 12.1. The molecule has 0 aromatic rings. The van der Waals surface area contributed by atoms with Gasteiger partial charge in [-0.3, -0.25) is 4.90 Å². The minimum absolute atomic E-state index is 0.202. The first-order valence-electron chi connectivity index (χ1n) is 7.72. The quantitative estimate of drug-likeness (QED) is 0.798. The number of aliphatic hydroxyl groups excluding tert-OH is 1. The average molecular weight is 299 g/mol. The molecule has 1 amide bonds. The number of likely N-dealkylation sites (tertiary alicyclic amines) is 1. The summed E-state index contributed by atoms with van der Waals surface area (Å²) in [5.74, 6) is 0.718. The van der Waals surface area contributed by atoms with Crippen LogP contribution in [0.15, 0.2) is 0 Å². The fourth-order valence-corrected chi connectivity index (χ4v) is 3.69. The summed E-state index contributed by atoms with van der Waals surface area (Å²) >= 11 is 0. The van der Waals surface area contributed by atoms with Crippen LogP contribution in [0.2, 0.25) is 0 Å². The highest BCUT2D eigenvalue weighted by atomic mass is 16.6. The first kappa shape index (κ1) is 16.1. The SMILES string of the molecule is CCOC(=O)[C@@H]1C[C@H]2C[C@@H](CO)CC[C@H]2CN1C(=O)OC. The van der Waals surface area contributed by atoms with Gasteiger partial charge in [-0.2, -0.15) is 0 Å². The lowest BCUT2D eigenvalue weighted by Gasteiger charge is -2.45. The molecule has 1 saturated heterocycles. The molecule has 0 unspecified atom stereocenters. The van der Waals surface area contributed by atoms with E-state index in [9.17, 15) is 14.7 Å². The molecule has 120 valence electrons. The van der Waals surface area contributed by atoms with E-state index in [4.69, 9.17) is 9.47 Å². The van der Waals surface area contributed by atoms with Crippen LogP contribution in [-0.4, -0.2) is 55.0 Å². The van der Waals surface area contributed by atoms with Crippen molar-refractivity contribution in [2.24, 2.45) is 17.8 Å². The summed E-state index contributed by atoms with van der Waals surface area (Å²) in [6.45, 7) is 2.80. The number of aliphatic hydroxyl groups is 1. The fourth-order valence-electron chi connectivity index (χ4n) is 3.69. The molecule has 2 aliphatic rings. The van der Waals surface area contributed by atoms with Crippen LogP contribution in [-0.2, 0) is 14.3 Å². The summed E-state index contributed by atoms with van der Waals surface area (Å²) < 4.78 is 9.91. The zero-order chi connectivity index (χ0) is 15.4.